The molecule has 0 atom stereocenters. The SMILES string of the molecule is COc1cc2oc3c(OC)c(O)ccc3c(=O)c2c(O)c1CC=C(C)C. The second-order valence-corrected chi connectivity index (χ2v) is 6.19. The number of aromatic hydroxyl groups is 2. The minimum absolute atomic E-state index is 0.0635. The number of benzene rings is 2. The Morgan fingerprint density at radius 3 is 2.54 bits per heavy atom. The molecule has 0 saturated carbocycles. The highest BCUT2D eigenvalue weighted by molar-refractivity contribution is 5.97. The van der Waals surface area contributed by atoms with Crippen LogP contribution in [0, 0.1) is 0 Å². The number of allylic oxidation sites excluding steroid dienone is 2. The fraction of sp³-hybridized carbons (Fsp3) is 0.250. The molecule has 0 radical (unpaired) electrons. The van der Waals surface area contributed by atoms with Gasteiger partial charge in [-0.05, 0) is 32.4 Å². The molecule has 136 valence electrons. The van der Waals surface area contributed by atoms with E-state index in [2.05, 4.69) is 0 Å². The Labute approximate surface area is 149 Å². The van der Waals surface area contributed by atoms with Gasteiger partial charge in [-0.2, -0.15) is 0 Å². The summed E-state index contributed by atoms with van der Waals surface area (Å²) < 4.78 is 16.3. The van der Waals surface area contributed by atoms with Crippen LogP contribution in [0.5, 0.6) is 23.0 Å². The van der Waals surface area contributed by atoms with E-state index in [1.54, 1.807) is 6.07 Å². The second-order valence-electron chi connectivity index (χ2n) is 6.19. The predicted molar refractivity (Wildman–Crippen MR) is 99.6 cm³/mol. The molecular formula is C20H20O6. The number of methoxy groups -OCH3 is 2. The first-order valence-corrected chi connectivity index (χ1v) is 8.07. The lowest BCUT2D eigenvalue weighted by Gasteiger charge is -2.13. The van der Waals surface area contributed by atoms with Crippen LogP contribution in [-0.2, 0) is 6.42 Å². The predicted octanol–water partition coefficient (Wildman–Crippen LogP) is 3.88. The van der Waals surface area contributed by atoms with Crippen molar-refractivity contribution in [1.29, 1.82) is 0 Å². The Morgan fingerprint density at radius 1 is 1.19 bits per heavy atom. The molecule has 0 saturated heterocycles. The van der Waals surface area contributed by atoms with E-state index in [0.29, 0.717) is 17.7 Å². The average Bonchev–Trinajstić information content (AvgIpc) is 2.60. The van der Waals surface area contributed by atoms with Gasteiger partial charge in [0, 0.05) is 11.6 Å². The Hall–Kier alpha value is -3.15. The summed E-state index contributed by atoms with van der Waals surface area (Å²) in [5, 5.41) is 21.0. The maximum absolute atomic E-state index is 13.0. The lowest BCUT2D eigenvalue weighted by atomic mass is 10.0. The maximum atomic E-state index is 13.0. The zero-order valence-electron chi connectivity index (χ0n) is 15.0. The molecule has 0 bridgehead atoms. The normalized spacial score (nSPS) is 10.9. The molecule has 1 aromatic heterocycles. The van der Waals surface area contributed by atoms with Gasteiger partial charge in [0.25, 0.3) is 0 Å². The van der Waals surface area contributed by atoms with Crippen molar-refractivity contribution < 1.29 is 24.1 Å². The van der Waals surface area contributed by atoms with Crippen LogP contribution in [0.3, 0.4) is 0 Å². The zero-order valence-corrected chi connectivity index (χ0v) is 15.0. The smallest absolute Gasteiger partial charge is 0.204 e. The van der Waals surface area contributed by atoms with E-state index in [4.69, 9.17) is 13.9 Å². The fourth-order valence-electron chi connectivity index (χ4n) is 2.92. The Balaban J connectivity index is 2.44. The van der Waals surface area contributed by atoms with Gasteiger partial charge in [-0.25, -0.2) is 0 Å². The van der Waals surface area contributed by atoms with Crippen LogP contribution in [0.15, 0.2) is 39.1 Å². The monoisotopic (exact) mass is 356 g/mol. The molecule has 26 heavy (non-hydrogen) atoms. The van der Waals surface area contributed by atoms with Gasteiger partial charge in [0.05, 0.1) is 19.6 Å². The molecule has 3 aromatic rings. The Kier molecular flexibility index (Phi) is 4.50. The number of fused-ring (bicyclic) bond motifs is 2. The maximum Gasteiger partial charge on any atom is 0.204 e. The van der Waals surface area contributed by atoms with Crippen LogP contribution >= 0.6 is 0 Å². The molecule has 0 aliphatic carbocycles. The number of phenolic OH excluding ortho intramolecular Hbond substituents is 2. The summed E-state index contributed by atoms with van der Waals surface area (Å²) in [5.74, 6) is 0.168. The number of hydrogen-bond donors (Lipinski definition) is 2. The first kappa shape index (κ1) is 17.7. The first-order valence-electron chi connectivity index (χ1n) is 8.07. The average molecular weight is 356 g/mol. The van der Waals surface area contributed by atoms with Crippen LogP contribution in [0.2, 0.25) is 0 Å². The standard InChI is InChI=1S/C20H20O6/c1-10(2)5-6-11-14(24-3)9-15-16(17(11)22)18(23)12-7-8-13(21)20(25-4)19(12)26-15/h5,7-9,21-22H,6H2,1-4H3. The molecule has 3 rings (SSSR count). The third-order valence-electron chi connectivity index (χ3n) is 4.24. The molecule has 0 unspecified atom stereocenters. The summed E-state index contributed by atoms with van der Waals surface area (Å²) in [6, 6.07) is 4.36. The lowest BCUT2D eigenvalue weighted by molar-refractivity contribution is 0.371. The van der Waals surface area contributed by atoms with Crippen molar-refractivity contribution in [2.75, 3.05) is 14.2 Å². The lowest BCUT2D eigenvalue weighted by Crippen LogP contribution is -2.05. The molecule has 0 spiro atoms. The van der Waals surface area contributed by atoms with Crippen molar-refractivity contribution >= 4 is 21.9 Å². The van der Waals surface area contributed by atoms with Crippen molar-refractivity contribution in [1.82, 2.24) is 0 Å². The highest BCUT2D eigenvalue weighted by Crippen LogP contribution is 2.40. The van der Waals surface area contributed by atoms with Gasteiger partial charge in [-0.1, -0.05) is 11.6 Å². The topological polar surface area (TPSA) is 89.1 Å². The van der Waals surface area contributed by atoms with Gasteiger partial charge in [0.2, 0.25) is 11.2 Å². The number of ether oxygens (including phenoxy) is 2. The second kappa shape index (κ2) is 6.63. The van der Waals surface area contributed by atoms with Crippen molar-refractivity contribution in [3.05, 3.63) is 45.6 Å². The summed E-state index contributed by atoms with van der Waals surface area (Å²) in [6.07, 6.45) is 2.36. The van der Waals surface area contributed by atoms with E-state index in [9.17, 15) is 15.0 Å². The van der Waals surface area contributed by atoms with Crippen molar-refractivity contribution in [3.63, 3.8) is 0 Å². The number of phenols is 2. The van der Waals surface area contributed by atoms with Crippen molar-refractivity contribution in [2.45, 2.75) is 20.3 Å². The number of rotatable bonds is 4. The molecule has 6 nitrogen and oxygen atoms in total. The fourth-order valence-corrected chi connectivity index (χ4v) is 2.92. The third-order valence-corrected chi connectivity index (χ3v) is 4.24. The summed E-state index contributed by atoms with van der Waals surface area (Å²) >= 11 is 0. The van der Waals surface area contributed by atoms with Gasteiger partial charge < -0.3 is 24.1 Å². The van der Waals surface area contributed by atoms with Crippen molar-refractivity contribution in [3.8, 4) is 23.0 Å². The highest BCUT2D eigenvalue weighted by atomic mass is 16.5. The van der Waals surface area contributed by atoms with Crippen LogP contribution in [0.25, 0.3) is 21.9 Å². The third kappa shape index (κ3) is 2.73. The molecule has 6 heteroatoms. The van der Waals surface area contributed by atoms with E-state index in [-0.39, 0.29) is 39.2 Å². The van der Waals surface area contributed by atoms with Crippen LogP contribution < -0.4 is 14.9 Å². The molecule has 1 heterocycles. The zero-order chi connectivity index (χ0) is 19.0. The number of hydrogen-bond acceptors (Lipinski definition) is 6. The highest BCUT2D eigenvalue weighted by Gasteiger charge is 2.21. The van der Waals surface area contributed by atoms with E-state index in [0.717, 1.165) is 5.57 Å². The van der Waals surface area contributed by atoms with E-state index < -0.39 is 5.43 Å². The Morgan fingerprint density at radius 2 is 1.92 bits per heavy atom. The quantitative estimate of drug-likeness (QED) is 0.545. The minimum Gasteiger partial charge on any atom is -0.507 e. The van der Waals surface area contributed by atoms with E-state index in [1.165, 1.54) is 26.4 Å². The van der Waals surface area contributed by atoms with Crippen LogP contribution in [0.4, 0.5) is 0 Å². The van der Waals surface area contributed by atoms with Crippen LogP contribution in [-0.4, -0.2) is 24.4 Å². The van der Waals surface area contributed by atoms with E-state index in [1.807, 2.05) is 19.9 Å². The van der Waals surface area contributed by atoms with Gasteiger partial charge in [-0.15, -0.1) is 0 Å². The minimum atomic E-state index is -0.404. The molecule has 0 amide bonds. The molecule has 0 aliphatic heterocycles. The molecule has 0 fully saturated rings. The first-order chi connectivity index (χ1) is 12.4. The molecule has 2 N–H and O–H groups in total. The van der Waals surface area contributed by atoms with E-state index >= 15 is 0 Å². The van der Waals surface area contributed by atoms with Gasteiger partial charge in [0.15, 0.2) is 11.3 Å². The molecular weight excluding hydrogens is 336 g/mol. The summed E-state index contributed by atoms with van der Waals surface area (Å²) in [4.78, 5) is 13.0. The van der Waals surface area contributed by atoms with Gasteiger partial charge >= 0.3 is 0 Å². The molecule has 2 aromatic carbocycles. The van der Waals surface area contributed by atoms with Gasteiger partial charge in [-0.3, -0.25) is 4.79 Å². The summed E-state index contributed by atoms with van der Waals surface area (Å²) in [6.45, 7) is 3.90. The Bertz CT molecular complexity index is 1090. The van der Waals surface area contributed by atoms with Crippen LogP contribution in [0.1, 0.15) is 19.4 Å². The largest absolute Gasteiger partial charge is 0.507 e. The summed E-state index contributed by atoms with van der Waals surface area (Å²) in [5.41, 5.74) is 1.46. The van der Waals surface area contributed by atoms with Gasteiger partial charge in [0.1, 0.15) is 22.5 Å². The summed E-state index contributed by atoms with van der Waals surface area (Å²) in [7, 11) is 2.86. The molecule has 0 aliphatic rings. The van der Waals surface area contributed by atoms with Crippen molar-refractivity contribution in [2.24, 2.45) is 0 Å².